The van der Waals surface area contributed by atoms with E-state index in [1.54, 1.807) is 6.07 Å². The van der Waals surface area contributed by atoms with Crippen molar-refractivity contribution in [3.8, 4) is 5.75 Å². The van der Waals surface area contributed by atoms with Crippen LogP contribution in [0.3, 0.4) is 0 Å². The first kappa shape index (κ1) is 11.7. The fourth-order valence-corrected chi connectivity index (χ4v) is 3.24. The molecule has 3 rings (SSSR count). The Morgan fingerprint density at radius 2 is 1.69 bits per heavy atom. The van der Waals surface area contributed by atoms with Gasteiger partial charge in [-0.1, -0.05) is 6.07 Å². The normalized spacial score (nSPS) is 31.4. The second kappa shape index (κ2) is 4.27. The summed E-state index contributed by atoms with van der Waals surface area (Å²) in [6, 6.07) is 6.16. The largest absolute Gasteiger partial charge is 0.508 e. The molecule has 1 aromatic rings. The van der Waals surface area contributed by atoms with Gasteiger partial charge in [0.25, 0.3) is 0 Å². The van der Waals surface area contributed by atoms with Crippen LogP contribution in [0, 0.1) is 11.8 Å². The van der Waals surface area contributed by atoms with Crippen molar-refractivity contribution >= 4 is 12.4 Å². The van der Waals surface area contributed by atoms with Crippen LogP contribution in [0.2, 0.25) is 0 Å². The minimum atomic E-state index is 0. The lowest BCUT2D eigenvalue weighted by Crippen LogP contribution is -2.31. The molecule has 0 saturated heterocycles. The second-order valence-corrected chi connectivity index (χ2v) is 5.04. The zero-order chi connectivity index (χ0) is 10.4. The zero-order valence-corrected chi connectivity index (χ0v) is 10.0. The lowest BCUT2D eigenvalue weighted by Gasteiger charge is -2.15. The number of nitrogens with two attached hydrogens (primary N) is 1. The maximum Gasteiger partial charge on any atom is 0.115 e. The van der Waals surface area contributed by atoms with Crippen molar-refractivity contribution in [1.82, 2.24) is 0 Å². The molecule has 0 aromatic heterocycles. The Morgan fingerprint density at radius 3 is 2.38 bits per heavy atom. The van der Waals surface area contributed by atoms with Gasteiger partial charge in [-0.15, -0.1) is 12.4 Å². The smallest absolute Gasteiger partial charge is 0.115 e. The molecule has 1 saturated carbocycles. The maximum absolute atomic E-state index is 9.48. The monoisotopic (exact) mass is 239 g/mol. The standard InChI is InChI=1S/C13H17NO.ClH/c14-13-9-1-2-10(13)6-11-7-12(15)4-3-8(11)5-9;/h3-4,7,9-10,13,15H,1-2,5-6,14H2;1H. The van der Waals surface area contributed by atoms with Crippen molar-refractivity contribution in [2.45, 2.75) is 31.7 Å². The third kappa shape index (κ3) is 1.80. The molecule has 3 N–H and O–H groups in total. The number of hydrogen-bond donors (Lipinski definition) is 2. The highest BCUT2D eigenvalue weighted by Gasteiger charge is 2.36. The molecule has 0 heterocycles. The van der Waals surface area contributed by atoms with Crippen LogP contribution >= 0.6 is 12.4 Å². The fraction of sp³-hybridized carbons (Fsp3) is 0.538. The topological polar surface area (TPSA) is 46.2 Å². The summed E-state index contributed by atoms with van der Waals surface area (Å²) in [5.74, 6) is 1.69. The average molecular weight is 240 g/mol. The lowest BCUT2D eigenvalue weighted by molar-refractivity contribution is 0.421. The third-order valence-electron chi connectivity index (χ3n) is 4.15. The zero-order valence-electron chi connectivity index (χ0n) is 9.23. The van der Waals surface area contributed by atoms with E-state index in [9.17, 15) is 5.11 Å². The molecular formula is C13H18ClNO. The Hall–Kier alpha value is -0.730. The summed E-state index contributed by atoms with van der Waals surface area (Å²) in [6.45, 7) is 0. The van der Waals surface area contributed by atoms with E-state index >= 15 is 0 Å². The molecule has 3 atom stereocenters. The molecular weight excluding hydrogens is 222 g/mol. The highest BCUT2D eigenvalue weighted by molar-refractivity contribution is 5.85. The summed E-state index contributed by atoms with van der Waals surface area (Å²) >= 11 is 0. The Morgan fingerprint density at radius 1 is 1.06 bits per heavy atom. The van der Waals surface area contributed by atoms with Crippen molar-refractivity contribution < 1.29 is 5.11 Å². The Bertz CT molecular complexity index is 394. The Balaban J connectivity index is 0.000000963. The van der Waals surface area contributed by atoms with E-state index in [0.717, 1.165) is 12.8 Å². The van der Waals surface area contributed by atoms with Gasteiger partial charge < -0.3 is 10.8 Å². The lowest BCUT2D eigenvalue weighted by atomic mass is 9.93. The quantitative estimate of drug-likeness (QED) is 0.730. The van der Waals surface area contributed by atoms with Crippen molar-refractivity contribution in [3.05, 3.63) is 29.3 Å². The molecule has 0 spiro atoms. The number of phenolic OH excluding ortho intramolecular Hbond substituents is 1. The summed E-state index contributed by atoms with van der Waals surface area (Å²) in [5, 5.41) is 9.48. The number of aromatic hydroxyl groups is 1. The summed E-state index contributed by atoms with van der Waals surface area (Å²) in [6.07, 6.45) is 4.71. The van der Waals surface area contributed by atoms with Crippen molar-refractivity contribution in [2.24, 2.45) is 17.6 Å². The van der Waals surface area contributed by atoms with Crippen LogP contribution in [0.4, 0.5) is 0 Å². The molecule has 0 radical (unpaired) electrons. The molecule has 1 aromatic carbocycles. The Kier molecular flexibility index (Phi) is 3.13. The number of halogens is 1. The van der Waals surface area contributed by atoms with Gasteiger partial charge in [0.15, 0.2) is 0 Å². The number of benzene rings is 1. The van der Waals surface area contributed by atoms with Crippen molar-refractivity contribution in [3.63, 3.8) is 0 Å². The number of phenols is 1. The van der Waals surface area contributed by atoms with E-state index in [1.807, 2.05) is 6.07 Å². The third-order valence-corrected chi connectivity index (χ3v) is 4.15. The van der Waals surface area contributed by atoms with E-state index in [2.05, 4.69) is 6.07 Å². The van der Waals surface area contributed by atoms with E-state index in [-0.39, 0.29) is 12.4 Å². The average Bonchev–Trinajstić information content (AvgIpc) is 2.44. The van der Waals surface area contributed by atoms with Gasteiger partial charge in [-0.05, 0) is 60.8 Å². The molecule has 3 unspecified atom stereocenters. The number of rotatable bonds is 0. The molecule has 0 aliphatic heterocycles. The number of fused-ring (bicyclic) bond motifs is 3. The maximum atomic E-state index is 9.48. The van der Waals surface area contributed by atoms with Gasteiger partial charge in [-0.25, -0.2) is 0 Å². The van der Waals surface area contributed by atoms with E-state index in [4.69, 9.17) is 5.73 Å². The molecule has 2 nitrogen and oxygen atoms in total. The van der Waals surface area contributed by atoms with Gasteiger partial charge in [0.2, 0.25) is 0 Å². The molecule has 3 heteroatoms. The van der Waals surface area contributed by atoms with Gasteiger partial charge >= 0.3 is 0 Å². The van der Waals surface area contributed by atoms with Crippen LogP contribution in [0.15, 0.2) is 18.2 Å². The summed E-state index contributed by atoms with van der Waals surface area (Å²) in [7, 11) is 0. The summed E-state index contributed by atoms with van der Waals surface area (Å²) in [5.41, 5.74) is 8.96. The summed E-state index contributed by atoms with van der Waals surface area (Å²) in [4.78, 5) is 0. The van der Waals surface area contributed by atoms with Crippen LogP contribution in [0.25, 0.3) is 0 Å². The predicted octanol–water partition coefficient (Wildman–Crippen LogP) is 2.27. The second-order valence-electron chi connectivity index (χ2n) is 5.04. The minimum Gasteiger partial charge on any atom is -0.508 e. The highest BCUT2D eigenvalue weighted by Crippen LogP contribution is 2.39. The van der Waals surface area contributed by atoms with Gasteiger partial charge in [-0.2, -0.15) is 0 Å². The molecule has 2 aliphatic carbocycles. The van der Waals surface area contributed by atoms with Crippen LogP contribution in [0.1, 0.15) is 24.0 Å². The van der Waals surface area contributed by atoms with Crippen LogP contribution < -0.4 is 5.73 Å². The van der Waals surface area contributed by atoms with Crippen LogP contribution in [0.5, 0.6) is 5.75 Å². The SMILES string of the molecule is Cl.NC1C2CCC1Cc1cc(O)ccc1C2. The van der Waals surface area contributed by atoms with Crippen molar-refractivity contribution in [2.75, 3.05) is 0 Å². The highest BCUT2D eigenvalue weighted by atomic mass is 35.5. The Labute approximate surface area is 102 Å². The van der Waals surface area contributed by atoms with Gasteiger partial charge in [0.05, 0.1) is 0 Å². The fourth-order valence-electron chi connectivity index (χ4n) is 3.24. The van der Waals surface area contributed by atoms with Gasteiger partial charge in [0.1, 0.15) is 5.75 Å². The van der Waals surface area contributed by atoms with E-state index in [1.165, 1.54) is 24.0 Å². The van der Waals surface area contributed by atoms with Crippen LogP contribution in [-0.4, -0.2) is 11.1 Å². The van der Waals surface area contributed by atoms with E-state index < -0.39 is 0 Å². The predicted molar refractivity (Wildman–Crippen MR) is 67.0 cm³/mol. The first-order valence-electron chi connectivity index (χ1n) is 5.80. The number of hydrogen-bond acceptors (Lipinski definition) is 2. The minimum absolute atomic E-state index is 0. The molecule has 88 valence electrons. The van der Waals surface area contributed by atoms with E-state index in [0.29, 0.717) is 23.6 Å². The molecule has 2 bridgehead atoms. The van der Waals surface area contributed by atoms with Gasteiger partial charge in [0, 0.05) is 6.04 Å². The first-order chi connectivity index (χ1) is 7.24. The molecule has 16 heavy (non-hydrogen) atoms. The van der Waals surface area contributed by atoms with Crippen LogP contribution in [-0.2, 0) is 12.8 Å². The summed E-state index contributed by atoms with van der Waals surface area (Å²) < 4.78 is 0. The molecule has 1 fully saturated rings. The van der Waals surface area contributed by atoms with Crippen molar-refractivity contribution in [1.29, 1.82) is 0 Å². The first-order valence-corrected chi connectivity index (χ1v) is 5.80. The molecule has 2 aliphatic rings. The molecule has 0 amide bonds. The van der Waals surface area contributed by atoms with Gasteiger partial charge in [-0.3, -0.25) is 0 Å².